The van der Waals surface area contributed by atoms with Crippen molar-refractivity contribution in [3.63, 3.8) is 0 Å². The number of imidazole rings is 1. The summed E-state index contributed by atoms with van der Waals surface area (Å²) >= 11 is 0. The number of benzene rings is 1. The zero-order chi connectivity index (χ0) is 13.0. The van der Waals surface area contributed by atoms with Crippen molar-refractivity contribution in [1.82, 2.24) is 14.9 Å². The minimum absolute atomic E-state index is 0.301. The van der Waals surface area contributed by atoms with Gasteiger partial charge in [0, 0.05) is 12.6 Å². The van der Waals surface area contributed by atoms with Crippen LogP contribution in [0, 0.1) is 0 Å². The minimum Gasteiger partial charge on any atom is -0.361 e. The summed E-state index contributed by atoms with van der Waals surface area (Å²) in [4.78, 5) is 4.43. The minimum atomic E-state index is 0.301. The average molecular weight is 247 g/mol. The van der Waals surface area contributed by atoms with Gasteiger partial charge in [0.1, 0.15) is 6.73 Å². The highest BCUT2D eigenvalue weighted by Gasteiger charge is 2.11. The molecule has 0 radical (unpaired) electrons. The lowest BCUT2D eigenvalue weighted by Crippen LogP contribution is -2.14. The van der Waals surface area contributed by atoms with E-state index in [2.05, 4.69) is 40.8 Å². The number of hydrogen-bond acceptors (Lipinski definition) is 3. The summed E-state index contributed by atoms with van der Waals surface area (Å²) in [5, 5.41) is 3.28. The van der Waals surface area contributed by atoms with Crippen molar-refractivity contribution in [2.75, 3.05) is 13.7 Å². The van der Waals surface area contributed by atoms with Crippen molar-refractivity contribution in [2.24, 2.45) is 0 Å². The molecule has 1 atom stereocenters. The number of fused-ring (bicyclic) bond motifs is 1. The first-order chi connectivity index (χ1) is 8.77. The normalized spacial score (nSPS) is 13.1. The van der Waals surface area contributed by atoms with E-state index in [-0.39, 0.29) is 0 Å². The maximum Gasteiger partial charge on any atom is 0.124 e. The Morgan fingerprint density at radius 3 is 3.00 bits per heavy atom. The third-order valence-electron chi connectivity index (χ3n) is 3.15. The summed E-state index contributed by atoms with van der Waals surface area (Å²) in [6.45, 7) is 5.61. The summed E-state index contributed by atoms with van der Waals surface area (Å²) in [6.07, 6.45) is 2.89. The molecular weight excluding hydrogens is 226 g/mol. The molecule has 98 valence electrons. The smallest absolute Gasteiger partial charge is 0.124 e. The fraction of sp³-hybridized carbons (Fsp3) is 0.500. The van der Waals surface area contributed by atoms with Crippen molar-refractivity contribution >= 4 is 11.0 Å². The van der Waals surface area contributed by atoms with Gasteiger partial charge in [-0.1, -0.05) is 19.1 Å². The first-order valence-corrected chi connectivity index (χ1v) is 6.46. The van der Waals surface area contributed by atoms with E-state index in [1.807, 2.05) is 19.4 Å². The van der Waals surface area contributed by atoms with E-state index in [0.29, 0.717) is 12.8 Å². The second kappa shape index (κ2) is 5.98. The maximum absolute atomic E-state index is 5.61. The molecule has 1 aromatic carbocycles. The monoisotopic (exact) mass is 247 g/mol. The van der Waals surface area contributed by atoms with Crippen molar-refractivity contribution < 1.29 is 4.74 Å². The number of nitrogens with zero attached hydrogens (tertiary/aromatic N) is 2. The molecule has 4 nitrogen and oxygen atoms in total. The van der Waals surface area contributed by atoms with Crippen molar-refractivity contribution in [1.29, 1.82) is 0 Å². The van der Waals surface area contributed by atoms with Crippen molar-refractivity contribution in [3.8, 4) is 0 Å². The van der Waals surface area contributed by atoms with Gasteiger partial charge in [0.2, 0.25) is 0 Å². The van der Waals surface area contributed by atoms with Gasteiger partial charge in [-0.25, -0.2) is 4.98 Å². The maximum atomic E-state index is 5.61. The first-order valence-electron chi connectivity index (χ1n) is 6.46. The highest BCUT2D eigenvalue weighted by atomic mass is 16.5. The van der Waals surface area contributed by atoms with Crippen LogP contribution in [-0.2, 0) is 11.5 Å². The molecule has 18 heavy (non-hydrogen) atoms. The van der Waals surface area contributed by atoms with E-state index in [1.165, 1.54) is 5.56 Å². The molecule has 0 fully saturated rings. The Bertz CT molecular complexity index is 507. The fourth-order valence-corrected chi connectivity index (χ4v) is 2.07. The molecule has 1 N–H and O–H groups in total. The van der Waals surface area contributed by atoms with Gasteiger partial charge >= 0.3 is 0 Å². The Morgan fingerprint density at radius 1 is 1.44 bits per heavy atom. The summed E-state index contributed by atoms with van der Waals surface area (Å²) in [6, 6.07) is 6.53. The van der Waals surface area contributed by atoms with E-state index in [4.69, 9.17) is 4.74 Å². The van der Waals surface area contributed by atoms with Gasteiger partial charge in [0.25, 0.3) is 0 Å². The summed E-state index contributed by atoms with van der Waals surface area (Å²) in [7, 11) is 1.97. The Kier molecular flexibility index (Phi) is 4.33. The largest absolute Gasteiger partial charge is 0.361 e. The van der Waals surface area contributed by atoms with Gasteiger partial charge in [-0.15, -0.1) is 0 Å². The second-order valence-electron chi connectivity index (χ2n) is 4.48. The third kappa shape index (κ3) is 2.54. The lowest BCUT2D eigenvalue weighted by molar-refractivity contribution is 0.0799. The predicted molar refractivity (Wildman–Crippen MR) is 73.5 cm³/mol. The van der Waals surface area contributed by atoms with Gasteiger partial charge in [0.15, 0.2) is 0 Å². The molecule has 0 saturated carbocycles. The fourth-order valence-electron chi connectivity index (χ4n) is 2.07. The molecule has 0 aliphatic carbocycles. The zero-order valence-corrected chi connectivity index (χ0v) is 11.3. The molecule has 4 heteroatoms. The number of hydrogen-bond donors (Lipinski definition) is 1. The Hall–Kier alpha value is -1.39. The Balaban J connectivity index is 2.35. The number of ether oxygens (including phenoxy) is 1. The number of rotatable bonds is 6. The van der Waals surface area contributed by atoms with E-state index in [9.17, 15) is 0 Å². The molecule has 1 aromatic heterocycles. The SMILES string of the molecule is CCCOCn1cnc2cccc(C(C)NC)c21. The number of para-hydroxylation sites is 1. The van der Waals surface area contributed by atoms with Crippen LogP contribution in [0.3, 0.4) is 0 Å². The first kappa shape index (κ1) is 13.1. The van der Waals surface area contributed by atoms with E-state index < -0.39 is 0 Å². The van der Waals surface area contributed by atoms with Crippen LogP contribution < -0.4 is 5.32 Å². The van der Waals surface area contributed by atoms with Crippen molar-refractivity contribution in [3.05, 3.63) is 30.1 Å². The molecule has 0 amide bonds. The topological polar surface area (TPSA) is 39.1 Å². The summed E-state index contributed by atoms with van der Waals surface area (Å²) in [5.74, 6) is 0. The summed E-state index contributed by atoms with van der Waals surface area (Å²) < 4.78 is 7.68. The zero-order valence-electron chi connectivity index (χ0n) is 11.3. The van der Waals surface area contributed by atoms with E-state index in [0.717, 1.165) is 24.1 Å². The lowest BCUT2D eigenvalue weighted by atomic mass is 10.1. The number of nitrogens with one attached hydrogen (secondary N) is 1. The highest BCUT2D eigenvalue weighted by molar-refractivity contribution is 5.79. The lowest BCUT2D eigenvalue weighted by Gasteiger charge is -2.14. The predicted octanol–water partition coefficient (Wildman–Crippen LogP) is 2.70. The van der Waals surface area contributed by atoms with Crippen LogP contribution in [0.4, 0.5) is 0 Å². The van der Waals surface area contributed by atoms with Crippen LogP contribution in [-0.4, -0.2) is 23.2 Å². The third-order valence-corrected chi connectivity index (χ3v) is 3.15. The standard InChI is InChI=1S/C14H21N3O/c1-4-8-18-10-17-9-16-13-7-5-6-12(14(13)17)11(2)15-3/h5-7,9,11,15H,4,8,10H2,1-3H3. The van der Waals surface area contributed by atoms with Crippen LogP contribution in [0.25, 0.3) is 11.0 Å². The van der Waals surface area contributed by atoms with E-state index >= 15 is 0 Å². The van der Waals surface area contributed by atoms with Gasteiger partial charge in [-0.05, 0) is 32.0 Å². The van der Waals surface area contributed by atoms with Gasteiger partial charge in [0.05, 0.1) is 17.4 Å². The molecule has 1 heterocycles. The van der Waals surface area contributed by atoms with Gasteiger partial charge in [-0.3, -0.25) is 0 Å². The molecule has 0 saturated heterocycles. The van der Waals surface area contributed by atoms with Crippen LogP contribution in [0.15, 0.2) is 24.5 Å². The van der Waals surface area contributed by atoms with E-state index in [1.54, 1.807) is 0 Å². The molecule has 2 rings (SSSR count). The molecule has 0 bridgehead atoms. The second-order valence-corrected chi connectivity index (χ2v) is 4.48. The quantitative estimate of drug-likeness (QED) is 0.798. The van der Waals surface area contributed by atoms with Gasteiger partial charge < -0.3 is 14.6 Å². The molecule has 0 spiro atoms. The van der Waals surface area contributed by atoms with Crippen LogP contribution in [0.1, 0.15) is 31.9 Å². The van der Waals surface area contributed by atoms with Crippen LogP contribution in [0.2, 0.25) is 0 Å². The number of aromatic nitrogens is 2. The van der Waals surface area contributed by atoms with Crippen LogP contribution >= 0.6 is 0 Å². The molecular formula is C14H21N3O. The van der Waals surface area contributed by atoms with Gasteiger partial charge in [-0.2, -0.15) is 0 Å². The van der Waals surface area contributed by atoms with Crippen molar-refractivity contribution in [2.45, 2.75) is 33.0 Å². The highest BCUT2D eigenvalue weighted by Crippen LogP contribution is 2.23. The summed E-state index contributed by atoms with van der Waals surface area (Å²) in [5.41, 5.74) is 3.44. The molecule has 2 aromatic rings. The molecule has 0 aliphatic heterocycles. The Morgan fingerprint density at radius 2 is 2.28 bits per heavy atom. The molecule has 0 aliphatic rings. The average Bonchev–Trinajstić information content (AvgIpc) is 2.81. The molecule has 1 unspecified atom stereocenters. The van der Waals surface area contributed by atoms with Crippen LogP contribution in [0.5, 0.6) is 0 Å². The Labute approximate surface area is 108 Å².